The first-order valence-electron chi connectivity index (χ1n) is 10.3. The van der Waals surface area contributed by atoms with Crippen LogP contribution in [-0.2, 0) is 24.2 Å². The van der Waals surface area contributed by atoms with Gasteiger partial charge in [0.15, 0.2) is 10.9 Å². The molecule has 0 bridgehead atoms. The van der Waals surface area contributed by atoms with Crippen LogP contribution in [0.2, 0.25) is 0 Å². The molecule has 0 aliphatic heterocycles. The molecule has 2 aromatic heterocycles. The summed E-state index contributed by atoms with van der Waals surface area (Å²) in [6.07, 6.45) is 1.66. The lowest BCUT2D eigenvalue weighted by Gasteiger charge is -2.09. The minimum Gasteiger partial charge on any atom is -0.385 e. The zero-order chi connectivity index (χ0) is 21.5. The van der Waals surface area contributed by atoms with Crippen LogP contribution in [0.4, 0.5) is 0 Å². The number of carbonyl (C=O) groups excluding carboxylic acids is 1. The number of rotatable bonds is 11. The van der Waals surface area contributed by atoms with Crippen molar-refractivity contribution in [2.45, 2.75) is 51.9 Å². The molecular weight excluding hydrogens is 396 g/mol. The van der Waals surface area contributed by atoms with Gasteiger partial charge < -0.3 is 13.9 Å². The molecule has 0 aliphatic carbocycles. The number of Topliss-reactive ketones (excluding diaryl/α,β-unsaturated/α-hetero) is 1. The maximum atomic E-state index is 12.9. The number of aryl methyl sites for hydroxylation is 1. The van der Waals surface area contributed by atoms with Crippen LogP contribution in [0, 0.1) is 13.8 Å². The molecule has 0 N–H and O–H groups in total. The quantitative estimate of drug-likeness (QED) is 0.260. The lowest BCUT2D eigenvalue weighted by atomic mass is 10.1. The van der Waals surface area contributed by atoms with Crippen LogP contribution in [0.25, 0.3) is 0 Å². The molecule has 2 heterocycles. The topological polar surface area (TPSA) is 61.9 Å². The Kier molecular flexibility index (Phi) is 7.87. The summed E-state index contributed by atoms with van der Waals surface area (Å²) < 4.78 is 9.44. The maximum Gasteiger partial charge on any atom is 0.191 e. The summed E-state index contributed by atoms with van der Waals surface area (Å²) in [4.78, 5) is 12.9. The number of ether oxygens (including phenoxy) is 1. The predicted molar refractivity (Wildman–Crippen MR) is 120 cm³/mol. The van der Waals surface area contributed by atoms with E-state index in [-0.39, 0.29) is 5.78 Å². The van der Waals surface area contributed by atoms with Gasteiger partial charge in [-0.3, -0.25) is 4.79 Å². The molecule has 0 amide bonds. The van der Waals surface area contributed by atoms with E-state index >= 15 is 0 Å². The van der Waals surface area contributed by atoms with Gasteiger partial charge in [-0.25, -0.2) is 0 Å². The third kappa shape index (κ3) is 5.21. The SMILES string of the molecule is CCn1c(Cc2ccccc2)nnc1SCC(=O)c1cc(C)n(CCCOC)c1C. The van der Waals surface area contributed by atoms with Crippen LogP contribution < -0.4 is 0 Å². The maximum absolute atomic E-state index is 12.9. The molecule has 1 aromatic carbocycles. The van der Waals surface area contributed by atoms with Gasteiger partial charge >= 0.3 is 0 Å². The normalized spacial score (nSPS) is 11.2. The van der Waals surface area contributed by atoms with Crippen LogP contribution >= 0.6 is 11.8 Å². The molecule has 160 valence electrons. The second kappa shape index (κ2) is 10.6. The first-order chi connectivity index (χ1) is 14.5. The van der Waals surface area contributed by atoms with Crippen molar-refractivity contribution in [3.05, 3.63) is 64.7 Å². The first kappa shape index (κ1) is 22.3. The van der Waals surface area contributed by atoms with E-state index < -0.39 is 0 Å². The number of methoxy groups -OCH3 is 1. The second-order valence-electron chi connectivity index (χ2n) is 7.30. The van der Waals surface area contributed by atoms with Crippen molar-refractivity contribution < 1.29 is 9.53 Å². The lowest BCUT2D eigenvalue weighted by molar-refractivity contribution is 0.102. The molecule has 0 radical (unpaired) electrons. The summed E-state index contributed by atoms with van der Waals surface area (Å²) in [5, 5.41) is 9.52. The van der Waals surface area contributed by atoms with Gasteiger partial charge in [0.1, 0.15) is 5.82 Å². The average Bonchev–Trinajstić information content (AvgIpc) is 3.27. The Bertz CT molecular complexity index is 979. The predicted octanol–water partition coefficient (Wildman–Crippen LogP) is 4.32. The molecule has 0 atom stereocenters. The van der Waals surface area contributed by atoms with Gasteiger partial charge in [-0.1, -0.05) is 42.1 Å². The fourth-order valence-corrected chi connectivity index (χ4v) is 4.56. The van der Waals surface area contributed by atoms with E-state index in [1.165, 1.54) is 17.3 Å². The Morgan fingerprint density at radius 2 is 1.90 bits per heavy atom. The van der Waals surface area contributed by atoms with Crippen molar-refractivity contribution in [1.82, 2.24) is 19.3 Å². The Morgan fingerprint density at radius 3 is 2.60 bits per heavy atom. The van der Waals surface area contributed by atoms with Gasteiger partial charge in [0, 0.05) is 50.2 Å². The van der Waals surface area contributed by atoms with Crippen molar-refractivity contribution in [3.63, 3.8) is 0 Å². The minimum absolute atomic E-state index is 0.126. The van der Waals surface area contributed by atoms with Gasteiger partial charge in [0.05, 0.1) is 5.75 Å². The summed E-state index contributed by atoms with van der Waals surface area (Å²) in [6.45, 7) is 8.50. The zero-order valence-electron chi connectivity index (χ0n) is 18.2. The van der Waals surface area contributed by atoms with E-state index in [4.69, 9.17) is 4.74 Å². The van der Waals surface area contributed by atoms with Gasteiger partial charge in [-0.15, -0.1) is 10.2 Å². The van der Waals surface area contributed by atoms with Crippen LogP contribution in [0.5, 0.6) is 0 Å². The number of hydrogen-bond donors (Lipinski definition) is 0. The summed E-state index contributed by atoms with van der Waals surface area (Å²) in [6, 6.07) is 12.2. The Labute approximate surface area is 182 Å². The summed E-state index contributed by atoms with van der Waals surface area (Å²) in [5.41, 5.74) is 4.13. The van der Waals surface area contributed by atoms with Crippen molar-refractivity contribution in [2.24, 2.45) is 0 Å². The molecule has 3 aromatic rings. The minimum atomic E-state index is 0.126. The summed E-state index contributed by atoms with van der Waals surface area (Å²) in [5.74, 6) is 1.41. The molecule has 0 unspecified atom stereocenters. The van der Waals surface area contributed by atoms with E-state index in [1.807, 2.05) is 38.1 Å². The largest absolute Gasteiger partial charge is 0.385 e. The van der Waals surface area contributed by atoms with E-state index in [0.717, 1.165) is 53.9 Å². The van der Waals surface area contributed by atoms with Gasteiger partial charge in [0.25, 0.3) is 0 Å². The number of ketones is 1. The van der Waals surface area contributed by atoms with Crippen molar-refractivity contribution >= 4 is 17.5 Å². The van der Waals surface area contributed by atoms with Crippen molar-refractivity contribution in [3.8, 4) is 0 Å². The highest BCUT2D eigenvalue weighted by Gasteiger charge is 2.18. The molecule has 3 rings (SSSR count). The van der Waals surface area contributed by atoms with E-state index in [0.29, 0.717) is 12.4 Å². The van der Waals surface area contributed by atoms with E-state index in [2.05, 4.69) is 38.4 Å². The molecule has 6 nitrogen and oxygen atoms in total. The van der Waals surface area contributed by atoms with Crippen LogP contribution in [0.1, 0.15) is 46.5 Å². The number of nitrogens with zero attached hydrogens (tertiary/aromatic N) is 4. The standard InChI is InChI=1S/C23H30N4O2S/c1-5-26-22(15-19-10-7-6-8-11-19)24-25-23(26)30-16-21(28)20-14-17(2)27(18(20)3)12-9-13-29-4/h6-8,10-11,14H,5,9,12-13,15-16H2,1-4H3. The number of aromatic nitrogens is 4. The third-order valence-corrected chi connectivity index (χ3v) is 6.22. The van der Waals surface area contributed by atoms with E-state index in [1.54, 1.807) is 7.11 Å². The lowest BCUT2D eigenvalue weighted by Crippen LogP contribution is -2.09. The Hall–Kier alpha value is -2.38. The first-order valence-corrected chi connectivity index (χ1v) is 11.3. The highest BCUT2D eigenvalue weighted by Crippen LogP contribution is 2.23. The van der Waals surface area contributed by atoms with Crippen LogP contribution in [0.15, 0.2) is 41.6 Å². The zero-order valence-corrected chi connectivity index (χ0v) is 19.0. The molecule has 7 heteroatoms. The van der Waals surface area contributed by atoms with Crippen molar-refractivity contribution in [1.29, 1.82) is 0 Å². The van der Waals surface area contributed by atoms with Crippen molar-refractivity contribution in [2.75, 3.05) is 19.5 Å². The van der Waals surface area contributed by atoms with Gasteiger partial charge in [-0.05, 0) is 38.8 Å². The van der Waals surface area contributed by atoms with Gasteiger partial charge in [0.2, 0.25) is 0 Å². The fraction of sp³-hybridized carbons (Fsp3) is 0.435. The number of hydrogen-bond acceptors (Lipinski definition) is 5. The monoisotopic (exact) mass is 426 g/mol. The second-order valence-corrected chi connectivity index (χ2v) is 8.24. The number of benzene rings is 1. The highest BCUT2D eigenvalue weighted by atomic mass is 32.2. The summed E-state index contributed by atoms with van der Waals surface area (Å²) >= 11 is 1.46. The highest BCUT2D eigenvalue weighted by molar-refractivity contribution is 7.99. The van der Waals surface area contributed by atoms with Gasteiger partial charge in [-0.2, -0.15) is 0 Å². The molecule has 0 saturated heterocycles. The molecule has 30 heavy (non-hydrogen) atoms. The Morgan fingerprint density at radius 1 is 1.13 bits per heavy atom. The average molecular weight is 427 g/mol. The Balaban J connectivity index is 1.67. The molecular formula is C23H30N4O2S. The van der Waals surface area contributed by atoms with Crippen LogP contribution in [0.3, 0.4) is 0 Å². The number of thioether (sulfide) groups is 1. The van der Waals surface area contributed by atoms with E-state index in [9.17, 15) is 4.79 Å². The molecule has 0 spiro atoms. The molecule has 0 saturated carbocycles. The van der Waals surface area contributed by atoms with Crippen LogP contribution in [-0.4, -0.2) is 44.6 Å². The molecule has 0 aliphatic rings. The number of carbonyl (C=O) groups is 1. The summed E-state index contributed by atoms with van der Waals surface area (Å²) in [7, 11) is 1.71. The smallest absolute Gasteiger partial charge is 0.191 e. The molecule has 0 fully saturated rings. The fourth-order valence-electron chi connectivity index (χ4n) is 3.65. The third-order valence-electron chi connectivity index (χ3n) is 5.25.